The van der Waals surface area contributed by atoms with Crippen molar-refractivity contribution in [1.29, 1.82) is 0 Å². The largest absolute Gasteiger partial charge is 0.594 e. The van der Waals surface area contributed by atoms with E-state index in [-0.39, 0.29) is 108 Å². The van der Waals surface area contributed by atoms with Gasteiger partial charge in [0.15, 0.2) is 11.5 Å². The molecule has 0 saturated carbocycles. The molecule has 0 aliphatic heterocycles. The van der Waals surface area contributed by atoms with E-state index >= 15 is 0 Å². The second kappa shape index (κ2) is 29.2. The van der Waals surface area contributed by atoms with Gasteiger partial charge in [-0.05, 0) is 112 Å². The molecule has 43 heteroatoms. The zero-order valence-corrected chi connectivity index (χ0v) is 50.8. The first kappa shape index (κ1) is 69.0. The number of anilines is 2. The van der Waals surface area contributed by atoms with Gasteiger partial charge in [0.1, 0.15) is 31.7 Å². The number of nitrogens with two attached hydrogens (primary N) is 2. The number of hydrogen-bond donors (Lipinski definition) is 12. The predicted octanol–water partition coefficient (Wildman–Crippen LogP) is 12.4. The van der Waals surface area contributed by atoms with Crippen LogP contribution in [0.1, 0.15) is 22.3 Å². The third kappa shape index (κ3) is 17.0. The van der Waals surface area contributed by atoms with Crippen LogP contribution in [-0.2, 0) is 78.0 Å². The molecule has 0 fully saturated rings. The van der Waals surface area contributed by atoms with Crippen LogP contribution in [-0.4, -0.2) is 88.0 Å². The zero-order chi connectivity index (χ0) is 66.2. The van der Waals surface area contributed by atoms with Crippen LogP contribution in [0, 0.1) is 5.21 Å². The fraction of sp³-hybridized carbons (Fsp3) is 0. The lowest BCUT2D eigenvalue weighted by atomic mass is 10.1. The van der Waals surface area contributed by atoms with Gasteiger partial charge in [0, 0.05) is 49.2 Å². The summed E-state index contributed by atoms with van der Waals surface area (Å²) in [6.45, 7) is 0. The van der Waals surface area contributed by atoms with E-state index in [4.69, 9.17) is 32.5 Å². The summed E-state index contributed by atoms with van der Waals surface area (Å²) in [5.74, 6) is -1.54. The fourth-order valence-electron chi connectivity index (χ4n) is 8.12. The highest BCUT2D eigenvalue weighted by molar-refractivity contribution is 7.95. The van der Waals surface area contributed by atoms with Gasteiger partial charge in [-0.3, -0.25) is 18.2 Å². The first-order chi connectivity index (χ1) is 43.0. The normalized spacial score (nSPS) is 12.9. The van der Waals surface area contributed by atoms with Crippen molar-refractivity contribution in [3.8, 4) is 11.5 Å². The molecule has 0 heterocycles. The molecule has 0 amide bonds. The van der Waals surface area contributed by atoms with Gasteiger partial charge in [0.2, 0.25) is 5.69 Å². The smallest absolute Gasteiger partial charge is 0.296 e. The molecule has 0 radical (unpaired) electrons. The van der Waals surface area contributed by atoms with Crippen molar-refractivity contribution in [2.75, 3.05) is 11.5 Å². The summed E-state index contributed by atoms with van der Waals surface area (Å²) < 4.78 is 158. The molecule has 91 heavy (non-hydrogen) atoms. The number of nitrogen functional groups attached to an aromatic ring is 2. The second-order valence-electron chi connectivity index (χ2n) is 17.5. The molecule has 0 unspecified atom stereocenters. The molecule has 0 atom stereocenters. The highest BCUT2D eigenvalue weighted by Crippen LogP contribution is 2.48. The van der Waals surface area contributed by atoms with Gasteiger partial charge in [-0.15, -0.1) is 27.6 Å². The standard InChI is InChI=1S/C48H36N8O27S8/c49-35-21-33(84-80-76-60)13-27-16-42(91(73,74)75)46(48(58)43(27)35)54-52-30-10-6-25(40(18-30)89(67,68)69)4-2-24-8-12-32(20-38(24)86-82-78-62)56(59)55-31-11-7-26(41(19-31)90(70,71)72)3-1-23-5-9-29(17-37(23)85-81-77-61)51-53-45-39(87-83-79-63)15-28-14-34(88(64,65)66)22-36(50)44(28)47(45)57/h1-22,57-58,60-63H,49-50H2,(H,64,65,66)(H,67,68,69)(H,70,71,72)(H,73,74,75)/b3-1+,4-2+,53-51?,54-52?,56-55?. The summed E-state index contributed by atoms with van der Waals surface area (Å²) in [6.07, 6.45) is 4.94. The number of hydrogen-bond acceptors (Lipinski definition) is 34. The topological polar surface area (TPSA) is 553 Å². The Kier molecular flexibility index (Phi) is 22.1. The lowest BCUT2D eigenvalue weighted by Crippen LogP contribution is -2.01. The fourth-order valence-corrected chi connectivity index (χ4v) is 12.7. The molecule has 0 saturated heterocycles. The maximum Gasteiger partial charge on any atom is 0.296 e. The number of fused-ring (bicyclic) bond motifs is 2. The predicted molar refractivity (Wildman–Crippen MR) is 319 cm³/mol. The van der Waals surface area contributed by atoms with Gasteiger partial charge in [0.25, 0.3) is 40.5 Å². The van der Waals surface area contributed by atoms with Crippen molar-refractivity contribution >= 4 is 180 Å². The number of benzene rings is 8. The summed E-state index contributed by atoms with van der Waals surface area (Å²) in [5, 5.41) is 105. The first-order valence-corrected chi connectivity index (χ1v) is 32.4. The van der Waals surface area contributed by atoms with Crippen LogP contribution in [0.4, 0.5) is 45.5 Å². The number of azo groups is 3. The number of phenols is 2. The summed E-state index contributed by atoms with van der Waals surface area (Å²) in [5.41, 5.74) is 9.47. The van der Waals surface area contributed by atoms with Gasteiger partial charge in [0.05, 0.1) is 74.2 Å². The molecule has 8 aromatic rings. The van der Waals surface area contributed by atoms with E-state index < -0.39 is 77.2 Å². The van der Waals surface area contributed by atoms with E-state index in [9.17, 15) is 67.3 Å². The molecule has 0 bridgehead atoms. The van der Waals surface area contributed by atoms with Crippen molar-refractivity contribution in [2.45, 2.75) is 39.2 Å². The van der Waals surface area contributed by atoms with Crippen molar-refractivity contribution in [3.63, 3.8) is 0 Å². The van der Waals surface area contributed by atoms with E-state index in [0.29, 0.717) is 48.2 Å². The van der Waals surface area contributed by atoms with Crippen LogP contribution in [0.5, 0.6) is 11.5 Å². The Morgan fingerprint density at radius 2 is 0.879 bits per heavy atom. The van der Waals surface area contributed by atoms with Gasteiger partial charge in [-0.2, -0.15) is 43.9 Å². The summed E-state index contributed by atoms with van der Waals surface area (Å²) in [6, 6.07) is 20.4. The van der Waals surface area contributed by atoms with Crippen molar-refractivity contribution in [1.82, 2.24) is 0 Å². The Morgan fingerprint density at radius 3 is 1.43 bits per heavy atom. The van der Waals surface area contributed by atoms with Crippen LogP contribution < -0.4 is 11.5 Å². The Bertz CT molecular complexity index is 4810. The SMILES string of the molecule is Nc1cc(S(=O)(=O)O)cc2cc(SOOO)c(N=Nc3ccc(/C=C/c4ccc(N=[N+]([O-])c5ccc(/C=C/c6ccc(N=Nc7c(S(=O)(=O)O)cc8cc(SOOO)cc(N)c8c7O)cc6S(=O)(=O)O)c(SOOO)c5)cc4S(=O)(=O)O)c(SOOO)c3)c(O)c12. The average Bonchev–Trinajstić information content (AvgIpc) is 0.796. The minimum atomic E-state index is -5.16. The molecule has 0 spiro atoms. The molecular weight excluding hydrogens is 1380 g/mol. The molecule has 8 aromatic carbocycles. The van der Waals surface area contributed by atoms with Crippen LogP contribution >= 0.6 is 48.2 Å². The summed E-state index contributed by atoms with van der Waals surface area (Å²) in [4.78, 5) is -3.02. The Hall–Kier alpha value is -7.88. The van der Waals surface area contributed by atoms with Crippen molar-refractivity contribution < 1.29 is 125 Å². The van der Waals surface area contributed by atoms with Crippen molar-refractivity contribution in [2.24, 2.45) is 25.6 Å². The van der Waals surface area contributed by atoms with E-state index in [1.165, 1.54) is 72.8 Å². The number of rotatable bonds is 26. The van der Waals surface area contributed by atoms with E-state index in [1.54, 1.807) is 0 Å². The Morgan fingerprint density at radius 1 is 0.440 bits per heavy atom. The van der Waals surface area contributed by atoms with Crippen LogP contribution in [0.2, 0.25) is 0 Å². The molecule has 0 aliphatic rings. The lowest BCUT2D eigenvalue weighted by Gasteiger charge is -2.12. The lowest BCUT2D eigenvalue weighted by molar-refractivity contribution is -0.435. The highest BCUT2D eigenvalue weighted by atomic mass is 32.2. The minimum absolute atomic E-state index is 0.0159. The van der Waals surface area contributed by atoms with Crippen LogP contribution in [0.25, 0.3) is 45.8 Å². The number of aromatic hydroxyl groups is 2. The third-order valence-electron chi connectivity index (χ3n) is 11.9. The highest BCUT2D eigenvalue weighted by Gasteiger charge is 2.26. The van der Waals surface area contributed by atoms with Crippen LogP contribution in [0.15, 0.2) is 174 Å². The molecule has 478 valence electrons. The van der Waals surface area contributed by atoms with Gasteiger partial charge >= 0.3 is 0 Å². The molecule has 0 aliphatic carbocycles. The van der Waals surface area contributed by atoms with E-state index in [0.717, 1.165) is 60.7 Å². The number of nitrogens with zero attached hydrogens (tertiary/aromatic N) is 6. The number of phenolic OH excluding ortho intramolecular Hbond substituents is 2. The maximum absolute atomic E-state index is 13.5. The van der Waals surface area contributed by atoms with Gasteiger partial charge < -0.3 is 26.9 Å². The first-order valence-electron chi connectivity index (χ1n) is 23.6. The Labute approximate surface area is 526 Å². The molecular formula is C48H36N8O27S8. The summed E-state index contributed by atoms with van der Waals surface area (Å²) in [7, 11) is -20.1. The molecule has 14 N–H and O–H groups in total. The zero-order valence-electron chi connectivity index (χ0n) is 44.2. The monoisotopic (exact) mass is 1410 g/mol. The molecule has 35 nitrogen and oxygen atoms in total. The van der Waals surface area contributed by atoms with Crippen molar-refractivity contribution in [3.05, 3.63) is 137 Å². The Balaban J connectivity index is 1.05. The van der Waals surface area contributed by atoms with E-state index in [2.05, 4.69) is 63.1 Å². The molecule has 8 rings (SSSR count). The van der Waals surface area contributed by atoms with Gasteiger partial charge in [-0.1, -0.05) is 67.5 Å². The average molecular weight is 1410 g/mol. The second-order valence-corrected chi connectivity index (χ2v) is 26.1. The maximum atomic E-state index is 13.5. The van der Waals surface area contributed by atoms with E-state index in [1.807, 2.05) is 0 Å². The molecule has 0 aromatic heterocycles. The van der Waals surface area contributed by atoms with Crippen LogP contribution in [0.3, 0.4) is 0 Å². The summed E-state index contributed by atoms with van der Waals surface area (Å²) >= 11 is 1.49. The third-order valence-corrected chi connectivity index (χ3v) is 17.9. The minimum Gasteiger partial charge on any atom is -0.594 e. The quantitative estimate of drug-likeness (QED) is 0.00350. The van der Waals surface area contributed by atoms with Gasteiger partial charge in [-0.25, -0.2) is 21.0 Å².